The first-order chi connectivity index (χ1) is 16.4. The first-order valence-electron chi connectivity index (χ1n) is 11.4. The molecule has 34 heavy (non-hydrogen) atoms. The third kappa shape index (κ3) is 4.90. The number of hydrogen-bond donors (Lipinski definition) is 1. The number of rotatable bonds is 6. The summed E-state index contributed by atoms with van der Waals surface area (Å²) in [5.74, 6) is 0.221. The molecule has 1 aromatic heterocycles. The minimum absolute atomic E-state index is 0.0927. The fraction of sp³-hybridized carbons (Fsp3) is 0.346. The number of benzene rings is 2. The summed E-state index contributed by atoms with van der Waals surface area (Å²) >= 11 is 0. The number of ether oxygens (including phenoxy) is 1. The highest BCUT2D eigenvalue weighted by Gasteiger charge is 2.32. The number of carbonyl (C=O) groups excluding carboxylic acids is 3. The molecule has 3 aromatic rings. The lowest BCUT2D eigenvalue weighted by molar-refractivity contribution is -0.135. The Morgan fingerprint density at radius 3 is 2.21 bits per heavy atom. The Morgan fingerprint density at radius 2 is 1.59 bits per heavy atom. The quantitative estimate of drug-likeness (QED) is 0.606. The maximum atomic E-state index is 13.2. The number of fused-ring (bicyclic) bond motifs is 1. The zero-order valence-corrected chi connectivity index (χ0v) is 19.6. The van der Waals surface area contributed by atoms with Gasteiger partial charge in [-0.05, 0) is 42.3 Å². The van der Waals surface area contributed by atoms with Gasteiger partial charge in [0, 0.05) is 37.1 Å². The van der Waals surface area contributed by atoms with Crippen molar-refractivity contribution in [2.75, 3.05) is 33.3 Å². The molecule has 0 saturated carbocycles. The number of furan rings is 1. The van der Waals surface area contributed by atoms with Crippen LogP contribution >= 0.6 is 0 Å². The standard InChI is InChI=1S/C26H29N3O5/c1-17(2)23(27-24(30)18-8-10-20(33-3)11-9-18)26(32)29-14-12-28(13-15-29)25(31)22-16-19-6-4-5-7-21(19)34-22/h4-11,16-17,23H,12-15H2,1-3H3,(H,27,30). The minimum atomic E-state index is -0.660. The van der Waals surface area contributed by atoms with E-state index in [2.05, 4.69) is 5.32 Å². The molecule has 2 heterocycles. The zero-order chi connectivity index (χ0) is 24.2. The van der Waals surface area contributed by atoms with Gasteiger partial charge in [-0.25, -0.2) is 0 Å². The van der Waals surface area contributed by atoms with Gasteiger partial charge in [0.2, 0.25) is 5.91 Å². The van der Waals surface area contributed by atoms with Crippen molar-refractivity contribution >= 4 is 28.7 Å². The normalized spacial score (nSPS) is 14.8. The summed E-state index contributed by atoms with van der Waals surface area (Å²) in [6, 6.07) is 15.3. The summed E-state index contributed by atoms with van der Waals surface area (Å²) in [5, 5.41) is 3.76. The summed E-state index contributed by atoms with van der Waals surface area (Å²) < 4.78 is 10.8. The molecule has 1 aliphatic heterocycles. The van der Waals surface area contributed by atoms with Crippen LogP contribution in [0.25, 0.3) is 11.0 Å². The van der Waals surface area contributed by atoms with Crippen LogP contribution in [-0.4, -0.2) is 66.9 Å². The van der Waals surface area contributed by atoms with Crippen molar-refractivity contribution in [2.24, 2.45) is 5.92 Å². The Balaban J connectivity index is 1.37. The minimum Gasteiger partial charge on any atom is -0.497 e. The molecule has 1 aliphatic rings. The lowest BCUT2D eigenvalue weighted by Gasteiger charge is -2.37. The van der Waals surface area contributed by atoms with Gasteiger partial charge in [0.15, 0.2) is 5.76 Å². The number of nitrogens with one attached hydrogen (secondary N) is 1. The Bertz CT molecular complexity index is 1140. The van der Waals surface area contributed by atoms with E-state index in [1.165, 1.54) is 0 Å². The average molecular weight is 464 g/mol. The van der Waals surface area contributed by atoms with Gasteiger partial charge in [0.05, 0.1) is 7.11 Å². The monoisotopic (exact) mass is 463 g/mol. The van der Waals surface area contributed by atoms with Crippen molar-refractivity contribution in [1.82, 2.24) is 15.1 Å². The fourth-order valence-electron chi connectivity index (χ4n) is 4.05. The second kappa shape index (κ2) is 9.99. The third-order valence-corrected chi connectivity index (χ3v) is 6.09. The van der Waals surface area contributed by atoms with Gasteiger partial charge in [-0.2, -0.15) is 0 Å². The van der Waals surface area contributed by atoms with Gasteiger partial charge in [0.1, 0.15) is 17.4 Å². The van der Waals surface area contributed by atoms with E-state index in [0.29, 0.717) is 48.8 Å². The number of methoxy groups -OCH3 is 1. The van der Waals surface area contributed by atoms with Gasteiger partial charge >= 0.3 is 0 Å². The molecule has 178 valence electrons. The molecular weight excluding hydrogens is 434 g/mol. The predicted octanol–water partition coefficient (Wildman–Crippen LogP) is 3.18. The second-order valence-electron chi connectivity index (χ2n) is 8.69. The molecule has 0 aliphatic carbocycles. The van der Waals surface area contributed by atoms with Crippen molar-refractivity contribution in [3.63, 3.8) is 0 Å². The maximum Gasteiger partial charge on any atom is 0.289 e. The topological polar surface area (TPSA) is 92.1 Å². The third-order valence-electron chi connectivity index (χ3n) is 6.09. The first-order valence-corrected chi connectivity index (χ1v) is 11.4. The molecule has 1 fully saturated rings. The van der Waals surface area contributed by atoms with Gasteiger partial charge in [-0.1, -0.05) is 32.0 Å². The summed E-state index contributed by atoms with van der Waals surface area (Å²) in [6.45, 7) is 5.40. The molecule has 8 nitrogen and oxygen atoms in total. The molecule has 0 radical (unpaired) electrons. The lowest BCUT2D eigenvalue weighted by Crippen LogP contribution is -2.57. The second-order valence-corrected chi connectivity index (χ2v) is 8.69. The molecule has 1 unspecified atom stereocenters. The molecule has 3 amide bonds. The SMILES string of the molecule is COc1ccc(C(=O)NC(C(=O)N2CCN(C(=O)c3cc4ccccc4o3)CC2)C(C)C)cc1. The van der Waals surface area contributed by atoms with Crippen LogP contribution in [0.2, 0.25) is 0 Å². The molecule has 8 heteroatoms. The van der Waals surface area contributed by atoms with Crippen molar-refractivity contribution in [3.05, 3.63) is 65.9 Å². The molecule has 4 rings (SSSR count). The Hall–Kier alpha value is -3.81. The Kier molecular flexibility index (Phi) is 6.86. The van der Waals surface area contributed by atoms with E-state index in [9.17, 15) is 14.4 Å². The van der Waals surface area contributed by atoms with E-state index in [-0.39, 0.29) is 23.6 Å². The van der Waals surface area contributed by atoms with Crippen molar-refractivity contribution in [3.8, 4) is 5.75 Å². The first kappa shape index (κ1) is 23.4. The molecule has 1 saturated heterocycles. The molecule has 1 N–H and O–H groups in total. The maximum absolute atomic E-state index is 13.2. The van der Waals surface area contributed by atoms with Crippen LogP contribution in [0.3, 0.4) is 0 Å². The van der Waals surface area contributed by atoms with Crippen LogP contribution in [0.4, 0.5) is 0 Å². The largest absolute Gasteiger partial charge is 0.497 e. The lowest BCUT2D eigenvalue weighted by atomic mass is 10.0. The summed E-state index contributed by atoms with van der Waals surface area (Å²) in [5.41, 5.74) is 1.13. The summed E-state index contributed by atoms with van der Waals surface area (Å²) in [4.78, 5) is 42.3. The highest BCUT2D eigenvalue weighted by Crippen LogP contribution is 2.21. The number of hydrogen-bond acceptors (Lipinski definition) is 5. The predicted molar refractivity (Wildman–Crippen MR) is 128 cm³/mol. The smallest absolute Gasteiger partial charge is 0.289 e. The van der Waals surface area contributed by atoms with Crippen molar-refractivity contribution in [2.45, 2.75) is 19.9 Å². The highest BCUT2D eigenvalue weighted by atomic mass is 16.5. The van der Waals surface area contributed by atoms with E-state index >= 15 is 0 Å². The van der Waals surface area contributed by atoms with E-state index in [1.54, 1.807) is 47.2 Å². The molecule has 2 aromatic carbocycles. The van der Waals surface area contributed by atoms with Crippen LogP contribution in [-0.2, 0) is 4.79 Å². The summed E-state index contributed by atoms with van der Waals surface area (Å²) in [7, 11) is 1.56. The molecule has 0 bridgehead atoms. The zero-order valence-electron chi connectivity index (χ0n) is 19.6. The number of amides is 3. The van der Waals surface area contributed by atoms with Gasteiger partial charge in [0.25, 0.3) is 11.8 Å². The molecular formula is C26H29N3O5. The summed E-state index contributed by atoms with van der Waals surface area (Å²) in [6.07, 6.45) is 0. The molecule has 1 atom stereocenters. The van der Waals surface area contributed by atoms with Crippen LogP contribution in [0, 0.1) is 5.92 Å². The van der Waals surface area contributed by atoms with Crippen LogP contribution in [0.5, 0.6) is 5.75 Å². The van der Waals surface area contributed by atoms with E-state index in [0.717, 1.165) is 5.39 Å². The van der Waals surface area contributed by atoms with Gasteiger partial charge in [-0.3, -0.25) is 14.4 Å². The Morgan fingerprint density at radius 1 is 0.941 bits per heavy atom. The van der Waals surface area contributed by atoms with Crippen molar-refractivity contribution in [1.29, 1.82) is 0 Å². The van der Waals surface area contributed by atoms with E-state index in [4.69, 9.17) is 9.15 Å². The van der Waals surface area contributed by atoms with Crippen LogP contribution in [0.15, 0.2) is 59.0 Å². The molecule has 0 spiro atoms. The number of piperazine rings is 1. The number of nitrogens with zero attached hydrogens (tertiary/aromatic N) is 2. The van der Waals surface area contributed by atoms with E-state index < -0.39 is 6.04 Å². The fourth-order valence-corrected chi connectivity index (χ4v) is 4.05. The number of para-hydroxylation sites is 1. The van der Waals surface area contributed by atoms with Crippen LogP contribution in [0.1, 0.15) is 34.8 Å². The van der Waals surface area contributed by atoms with Gasteiger partial charge < -0.3 is 24.3 Å². The van der Waals surface area contributed by atoms with Crippen molar-refractivity contribution < 1.29 is 23.5 Å². The average Bonchev–Trinajstić information content (AvgIpc) is 3.30. The van der Waals surface area contributed by atoms with Gasteiger partial charge in [-0.15, -0.1) is 0 Å². The van der Waals surface area contributed by atoms with E-state index in [1.807, 2.05) is 38.1 Å². The highest BCUT2D eigenvalue weighted by molar-refractivity contribution is 5.98. The number of carbonyl (C=O) groups is 3. The van der Waals surface area contributed by atoms with Crippen LogP contribution < -0.4 is 10.1 Å². The Labute approximate surface area is 198 Å².